The quantitative estimate of drug-likeness (QED) is 0.785. The highest BCUT2D eigenvalue weighted by Gasteiger charge is 2.15. The number of rotatable bonds is 6. The maximum atomic E-state index is 11.5. The number of methoxy groups -OCH3 is 1. The molecule has 1 rings (SSSR count). The highest BCUT2D eigenvalue weighted by atomic mass is 16.6. The molecule has 0 atom stereocenters. The summed E-state index contributed by atoms with van der Waals surface area (Å²) in [6, 6.07) is 4.91. The Morgan fingerprint density at radius 3 is 2.57 bits per heavy atom. The molecule has 0 unspecified atom stereocenters. The van der Waals surface area contributed by atoms with Gasteiger partial charge < -0.3 is 19.9 Å². The fraction of sp³-hybridized carbons (Fsp3) is 0.412. The zero-order valence-electron chi connectivity index (χ0n) is 13.9. The molecule has 0 fully saturated rings. The summed E-state index contributed by atoms with van der Waals surface area (Å²) < 4.78 is 10.3. The molecular weight excluding hydrogens is 298 g/mol. The molecule has 0 saturated carbocycles. The molecule has 6 nitrogen and oxygen atoms in total. The summed E-state index contributed by atoms with van der Waals surface area (Å²) in [5, 5.41) is 11.8. The number of hydrogen-bond donors (Lipinski definition) is 2. The maximum absolute atomic E-state index is 11.5. The molecule has 0 heterocycles. The van der Waals surface area contributed by atoms with Gasteiger partial charge in [0.05, 0.1) is 7.11 Å². The van der Waals surface area contributed by atoms with E-state index in [-0.39, 0.29) is 5.56 Å². The molecule has 23 heavy (non-hydrogen) atoms. The van der Waals surface area contributed by atoms with E-state index >= 15 is 0 Å². The van der Waals surface area contributed by atoms with E-state index in [1.165, 1.54) is 13.2 Å². The molecule has 0 aromatic heterocycles. The number of carboxylic acids is 1. The molecule has 1 amide bonds. The van der Waals surface area contributed by atoms with Crippen molar-refractivity contribution in [2.75, 3.05) is 13.7 Å². The third kappa shape index (κ3) is 6.42. The van der Waals surface area contributed by atoms with Crippen LogP contribution in [-0.4, -0.2) is 36.4 Å². The van der Waals surface area contributed by atoms with Gasteiger partial charge in [0, 0.05) is 12.1 Å². The van der Waals surface area contributed by atoms with E-state index in [0.717, 1.165) is 0 Å². The Morgan fingerprint density at radius 2 is 2.00 bits per heavy atom. The van der Waals surface area contributed by atoms with Crippen molar-refractivity contribution in [3.63, 3.8) is 0 Å². The standard InChI is InChI=1S/C17H23NO5/c1-17(2,3)23-16(21)18-11-6-5-8-12-9-7-10-13(15(19)20)14(12)22-4/h5,7-10H,6,11H2,1-4H3,(H,18,21)(H,19,20). The Kier molecular flexibility index (Phi) is 6.63. The molecule has 0 aliphatic carbocycles. The van der Waals surface area contributed by atoms with Gasteiger partial charge in [-0.15, -0.1) is 0 Å². The monoisotopic (exact) mass is 321 g/mol. The van der Waals surface area contributed by atoms with Gasteiger partial charge in [-0.25, -0.2) is 9.59 Å². The van der Waals surface area contributed by atoms with Gasteiger partial charge in [0.15, 0.2) is 0 Å². The Balaban J connectivity index is 2.58. The zero-order valence-corrected chi connectivity index (χ0v) is 13.9. The zero-order chi connectivity index (χ0) is 17.5. The Hall–Kier alpha value is -2.50. The average molecular weight is 321 g/mol. The molecule has 1 aromatic rings. The lowest BCUT2D eigenvalue weighted by molar-refractivity contribution is 0.0528. The number of benzene rings is 1. The summed E-state index contributed by atoms with van der Waals surface area (Å²) in [5.74, 6) is -0.722. The van der Waals surface area contributed by atoms with Crippen LogP contribution in [0.4, 0.5) is 4.79 Å². The Bertz CT molecular complexity index is 587. The number of hydrogen-bond acceptors (Lipinski definition) is 4. The van der Waals surface area contributed by atoms with Crippen LogP contribution in [0, 0.1) is 0 Å². The van der Waals surface area contributed by atoms with E-state index in [1.54, 1.807) is 39.0 Å². The molecule has 0 spiro atoms. The van der Waals surface area contributed by atoms with Crippen LogP contribution in [0.5, 0.6) is 5.75 Å². The van der Waals surface area contributed by atoms with Gasteiger partial charge in [0.25, 0.3) is 0 Å². The number of para-hydroxylation sites is 1. The summed E-state index contributed by atoms with van der Waals surface area (Å²) in [4.78, 5) is 22.6. The molecule has 126 valence electrons. The van der Waals surface area contributed by atoms with Crippen molar-refractivity contribution in [3.8, 4) is 5.75 Å². The summed E-state index contributed by atoms with van der Waals surface area (Å²) in [6.07, 6.45) is 3.72. The molecule has 0 bridgehead atoms. The highest BCUT2D eigenvalue weighted by molar-refractivity contribution is 5.92. The fourth-order valence-corrected chi connectivity index (χ4v) is 1.86. The third-order valence-corrected chi connectivity index (χ3v) is 2.76. The summed E-state index contributed by atoms with van der Waals surface area (Å²) >= 11 is 0. The van der Waals surface area contributed by atoms with Crippen LogP contribution >= 0.6 is 0 Å². The normalized spacial score (nSPS) is 11.3. The summed E-state index contributed by atoms with van der Waals surface area (Å²) in [5.41, 5.74) is 0.260. The Morgan fingerprint density at radius 1 is 1.30 bits per heavy atom. The van der Waals surface area contributed by atoms with Crippen LogP contribution in [0.1, 0.15) is 43.1 Å². The smallest absolute Gasteiger partial charge is 0.407 e. The molecule has 0 aliphatic heterocycles. The fourth-order valence-electron chi connectivity index (χ4n) is 1.86. The first-order valence-corrected chi connectivity index (χ1v) is 7.28. The van der Waals surface area contributed by atoms with E-state index in [0.29, 0.717) is 24.3 Å². The SMILES string of the molecule is COc1c(C=CCCNC(=O)OC(C)(C)C)cccc1C(=O)O. The van der Waals surface area contributed by atoms with Crippen molar-refractivity contribution in [1.82, 2.24) is 5.32 Å². The van der Waals surface area contributed by atoms with Crippen molar-refractivity contribution in [2.45, 2.75) is 32.8 Å². The molecular formula is C17H23NO5. The number of aromatic carboxylic acids is 1. The minimum Gasteiger partial charge on any atom is -0.495 e. The lowest BCUT2D eigenvalue weighted by Gasteiger charge is -2.19. The van der Waals surface area contributed by atoms with Crippen molar-refractivity contribution in [3.05, 3.63) is 35.4 Å². The van der Waals surface area contributed by atoms with Gasteiger partial charge in [-0.05, 0) is 33.3 Å². The second-order valence-electron chi connectivity index (χ2n) is 5.85. The number of carbonyl (C=O) groups excluding carboxylic acids is 1. The van der Waals surface area contributed by atoms with E-state index < -0.39 is 17.7 Å². The summed E-state index contributed by atoms with van der Waals surface area (Å²) in [7, 11) is 1.43. The largest absolute Gasteiger partial charge is 0.495 e. The number of amides is 1. The van der Waals surface area contributed by atoms with E-state index in [4.69, 9.17) is 14.6 Å². The second kappa shape index (κ2) is 8.22. The second-order valence-corrected chi connectivity index (χ2v) is 5.85. The van der Waals surface area contributed by atoms with Crippen LogP contribution in [0.15, 0.2) is 24.3 Å². The van der Waals surface area contributed by atoms with Crippen LogP contribution in [0.2, 0.25) is 0 Å². The molecule has 6 heteroatoms. The number of nitrogens with one attached hydrogen (secondary N) is 1. The van der Waals surface area contributed by atoms with Gasteiger partial charge in [-0.1, -0.05) is 24.3 Å². The predicted molar refractivity (Wildman–Crippen MR) is 87.8 cm³/mol. The summed E-state index contributed by atoms with van der Waals surface area (Å²) in [6.45, 7) is 5.82. The topological polar surface area (TPSA) is 84.9 Å². The van der Waals surface area contributed by atoms with Crippen molar-refractivity contribution in [2.24, 2.45) is 0 Å². The number of ether oxygens (including phenoxy) is 2. The lowest BCUT2D eigenvalue weighted by Crippen LogP contribution is -2.32. The van der Waals surface area contributed by atoms with E-state index in [2.05, 4.69) is 5.32 Å². The first-order chi connectivity index (χ1) is 10.7. The molecule has 0 aliphatic rings. The lowest BCUT2D eigenvalue weighted by atomic mass is 10.1. The predicted octanol–water partition coefficient (Wildman–Crippen LogP) is 3.32. The van der Waals surface area contributed by atoms with Crippen LogP contribution in [0.3, 0.4) is 0 Å². The molecule has 0 saturated heterocycles. The number of carbonyl (C=O) groups is 2. The minimum absolute atomic E-state index is 0.113. The van der Waals surface area contributed by atoms with Crippen LogP contribution < -0.4 is 10.1 Å². The average Bonchev–Trinajstić information content (AvgIpc) is 2.44. The maximum Gasteiger partial charge on any atom is 0.407 e. The van der Waals surface area contributed by atoms with Gasteiger partial charge in [-0.2, -0.15) is 0 Å². The van der Waals surface area contributed by atoms with Crippen LogP contribution in [0.25, 0.3) is 6.08 Å². The van der Waals surface area contributed by atoms with Gasteiger partial charge in [0.2, 0.25) is 0 Å². The first kappa shape index (κ1) is 18.5. The highest BCUT2D eigenvalue weighted by Crippen LogP contribution is 2.25. The van der Waals surface area contributed by atoms with Crippen molar-refractivity contribution < 1.29 is 24.2 Å². The number of carboxylic acid groups (broad SMARTS) is 1. The molecule has 1 aromatic carbocycles. The number of alkyl carbamates (subject to hydrolysis) is 1. The first-order valence-electron chi connectivity index (χ1n) is 7.28. The molecule has 2 N–H and O–H groups in total. The Labute approximate surface area is 136 Å². The van der Waals surface area contributed by atoms with Gasteiger partial charge in [-0.3, -0.25) is 0 Å². The van der Waals surface area contributed by atoms with E-state index in [9.17, 15) is 9.59 Å². The van der Waals surface area contributed by atoms with Gasteiger partial charge >= 0.3 is 12.1 Å². The van der Waals surface area contributed by atoms with Gasteiger partial charge in [0.1, 0.15) is 16.9 Å². The minimum atomic E-state index is -1.04. The van der Waals surface area contributed by atoms with Crippen LogP contribution in [-0.2, 0) is 4.74 Å². The molecule has 0 radical (unpaired) electrons. The van der Waals surface area contributed by atoms with Crippen molar-refractivity contribution >= 4 is 18.1 Å². The van der Waals surface area contributed by atoms with Crippen molar-refractivity contribution in [1.29, 1.82) is 0 Å². The third-order valence-electron chi connectivity index (χ3n) is 2.76. The van der Waals surface area contributed by atoms with E-state index in [1.807, 2.05) is 6.08 Å².